The predicted octanol–water partition coefficient (Wildman–Crippen LogP) is 3.26. The summed E-state index contributed by atoms with van der Waals surface area (Å²) in [6, 6.07) is 5.40. The van der Waals surface area contributed by atoms with Gasteiger partial charge in [0.2, 0.25) is 0 Å². The number of hydrogen-bond acceptors (Lipinski definition) is 4. The molecule has 0 aromatic heterocycles. The molecule has 0 bridgehead atoms. The van der Waals surface area contributed by atoms with Crippen LogP contribution in [0, 0.1) is 10.1 Å². The molecule has 0 radical (unpaired) electrons. The van der Waals surface area contributed by atoms with Gasteiger partial charge in [0.15, 0.2) is 0 Å². The number of nitrogens with zero attached hydrogens (tertiary/aromatic N) is 2. The van der Waals surface area contributed by atoms with Crippen molar-refractivity contribution < 1.29 is 4.92 Å². The quantitative estimate of drug-likeness (QED) is 0.579. The van der Waals surface area contributed by atoms with Gasteiger partial charge in [-0.15, -0.1) is 0 Å². The topological polar surface area (TPSA) is 58.4 Å². The summed E-state index contributed by atoms with van der Waals surface area (Å²) in [5.41, 5.74) is 1.69. The van der Waals surface area contributed by atoms with E-state index >= 15 is 0 Å². The lowest BCUT2D eigenvalue weighted by Crippen LogP contribution is -2.24. The fourth-order valence-electron chi connectivity index (χ4n) is 2.03. The zero-order valence-electron chi connectivity index (χ0n) is 12.0. The first-order valence-electron chi connectivity index (χ1n) is 6.79. The van der Waals surface area contributed by atoms with Gasteiger partial charge >= 0.3 is 0 Å². The summed E-state index contributed by atoms with van der Waals surface area (Å²) >= 11 is 0. The van der Waals surface area contributed by atoms with Crippen molar-refractivity contribution in [2.75, 3.05) is 25.5 Å². The summed E-state index contributed by atoms with van der Waals surface area (Å²) in [5, 5.41) is 13.9. The van der Waals surface area contributed by atoms with E-state index in [1.54, 1.807) is 19.2 Å². The largest absolute Gasteiger partial charge is 0.383 e. The lowest BCUT2D eigenvalue weighted by molar-refractivity contribution is -0.384. The third-order valence-electron chi connectivity index (χ3n) is 3.21. The molecule has 1 N–H and O–H groups in total. The van der Waals surface area contributed by atoms with Crippen molar-refractivity contribution in [3.63, 3.8) is 0 Å². The van der Waals surface area contributed by atoms with Crippen molar-refractivity contribution in [2.24, 2.45) is 0 Å². The van der Waals surface area contributed by atoms with Gasteiger partial charge in [0, 0.05) is 19.7 Å². The number of nitro groups is 1. The van der Waals surface area contributed by atoms with Gasteiger partial charge in [-0.05, 0) is 31.1 Å². The van der Waals surface area contributed by atoms with E-state index in [0.29, 0.717) is 5.69 Å². The van der Waals surface area contributed by atoms with E-state index in [2.05, 4.69) is 24.1 Å². The number of anilines is 1. The van der Waals surface area contributed by atoms with E-state index in [1.807, 2.05) is 6.07 Å². The number of unbranched alkanes of at least 4 members (excludes halogenated alkanes) is 1. The molecule has 0 atom stereocenters. The van der Waals surface area contributed by atoms with E-state index < -0.39 is 0 Å². The van der Waals surface area contributed by atoms with Gasteiger partial charge in [-0.3, -0.25) is 15.0 Å². The Balaban J connectivity index is 2.83. The molecule has 0 fully saturated rings. The van der Waals surface area contributed by atoms with Crippen LogP contribution < -0.4 is 5.32 Å². The normalized spacial score (nSPS) is 10.7. The second-order valence-corrected chi connectivity index (χ2v) is 4.58. The van der Waals surface area contributed by atoms with Crippen molar-refractivity contribution in [3.05, 3.63) is 33.9 Å². The Labute approximate surface area is 114 Å². The Morgan fingerprint density at radius 1 is 1.37 bits per heavy atom. The van der Waals surface area contributed by atoms with Crippen molar-refractivity contribution >= 4 is 11.4 Å². The molecule has 0 aliphatic carbocycles. The Kier molecular flexibility index (Phi) is 6.29. The highest BCUT2D eigenvalue weighted by atomic mass is 16.6. The third-order valence-corrected chi connectivity index (χ3v) is 3.21. The van der Waals surface area contributed by atoms with Gasteiger partial charge in [0.25, 0.3) is 5.69 Å². The number of benzene rings is 1. The highest BCUT2D eigenvalue weighted by Crippen LogP contribution is 2.25. The maximum absolute atomic E-state index is 11.0. The molecule has 19 heavy (non-hydrogen) atoms. The molecule has 0 unspecified atom stereocenters. The van der Waals surface area contributed by atoms with Crippen LogP contribution in [-0.2, 0) is 6.54 Å². The average molecular weight is 265 g/mol. The molecule has 0 saturated carbocycles. The Morgan fingerprint density at radius 2 is 2.11 bits per heavy atom. The molecule has 1 rings (SSSR count). The molecule has 5 heteroatoms. The Morgan fingerprint density at radius 3 is 2.63 bits per heavy atom. The zero-order valence-corrected chi connectivity index (χ0v) is 12.0. The predicted molar refractivity (Wildman–Crippen MR) is 78.5 cm³/mol. The van der Waals surface area contributed by atoms with Crippen molar-refractivity contribution in [3.8, 4) is 0 Å². The van der Waals surface area contributed by atoms with Crippen molar-refractivity contribution in [1.29, 1.82) is 0 Å². The Bertz CT molecular complexity index is 421. The Hall–Kier alpha value is -1.62. The van der Waals surface area contributed by atoms with Crippen molar-refractivity contribution in [1.82, 2.24) is 4.90 Å². The number of nitrogens with one attached hydrogen (secondary N) is 1. The molecule has 0 saturated heterocycles. The third kappa shape index (κ3) is 4.52. The molecule has 0 heterocycles. The molecule has 5 nitrogen and oxygen atoms in total. The number of hydrogen-bond donors (Lipinski definition) is 1. The van der Waals surface area contributed by atoms with Gasteiger partial charge in [-0.2, -0.15) is 0 Å². The standard InChI is InChI=1S/C14H23N3O2/c1-4-6-9-16(5-2)11-12-7-8-13(15-3)14(10-12)17(18)19/h7-8,10,15H,4-6,9,11H2,1-3H3. The number of rotatable bonds is 8. The highest BCUT2D eigenvalue weighted by Gasteiger charge is 2.14. The van der Waals surface area contributed by atoms with Crippen LogP contribution in [0.5, 0.6) is 0 Å². The van der Waals surface area contributed by atoms with Crippen LogP contribution in [0.25, 0.3) is 0 Å². The van der Waals surface area contributed by atoms with Crippen LogP contribution >= 0.6 is 0 Å². The molecule has 1 aromatic rings. The van der Waals surface area contributed by atoms with Gasteiger partial charge in [-0.1, -0.05) is 26.3 Å². The van der Waals surface area contributed by atoms with Crippen LogP contribution in [0.4, 0.5) is 11.4 Å². The molecule has 0 aliphatic rings. The van der Waals surface area contributed by atoms with E-state index in [-0.39, 0.29) is 10.6 Å². The molecule has 0 spiro atoms. The van der Waals surface area contributed by atoms with Gasteiger partial charge in [0.05, 0.1) is 4.92 Å². The summed E-state index contributed by atoms with van der Waals surface area (Å²) in [6.45, 7) is 7.05. The van der Waals surface area contributed by atoms with E-state index in [4.69, 9.17) is 0 Å². The summed E-state index contributed by atoms with van der Waals surface area (Å²) < 4.78 is 0. The van der Waals surface area contributed by atoms with Crippen LogP contribution in [0.15, 0.2) is 18.2 Å². The monoisotopic (exact) mass is 265 g/mol. The van der Waals surface area contributed by atoms with Crippen LogP contribution in [0.1, 0.15) is 32.3 Å². The second kappa shape index (κ2) is 7.74. The minimum Gasteiger partial charge on any atom is -0.383 e. The number of nitro benzene ring substituents is 1. The second-order valence-electron chi connectivity index (χ2n) is 4.58. The summed E-state index contributed by atoms with van der Waals surface area (Å²) in [6.07, 6.45) is 2.32. The molecule has 0 aliphatic heterocycles. The lowest BCUT2D eigenvalue weighted by atomic mass is 10.1. The molecule has 0 amide bonds. The first-order chi connectivity index (χ1) is 9.12. The van der Waals surface area contributed by atoms with Crippen LogP contribution in [0.2, 0.25) is 0 Å². The zero-order chi connectivity index (χ0) is 14.3. The average Bonchev–Trinajstić information content (AvgIpc) is 2.43. The van der Waals surface area contributed by atoms with E-state index in [9.17, 15) is 10.1 Å². The SMILES string of the molecule is CCCCN(CC)Cc1ccc(NC)c([N+](=O)[O-])c1. The molecular formula is C14H23N3O2. The van der Waals surface area contributed by atoms with Crippen LogP contribution in [0.3, 0.4) is 0 Å². The minimum atomic E-state index is -0.336. The van der Waals surface area contributed by atoms with E-state index in [1.165, 1.54) is 0 Å². The summed E-state index contributed by atoms with van der Waals surface area (Å²) in [7, 11) is 1.70. The maximum Gasteiger partial charge on any atom is 0.292 e. The highest BCUT2D eigenvalue weighted by molar-refractivity contribution is 5.62. The fourth-order valence-corrected chi connectivity index (χ4v) is 2.03. The van der Waals surface area contributed by atoms with Gasteiger partial charge in [-0.25, -0.2) is 0 Å². The van der Waals surface area contributed by atoms with Gasteiger partial charge in [0.1, 0.15) is 5.69 Å². The minimum absolute atomic E-state index is 0.145. The fraction of sp³-hybridized carbons (Fsp3) is 0.571. The molecule has 1 aromatic carbocycles. The summed E-state index contributed by atoms with van der Waals surface area (Å²) in [5.74, 6) is 0. The first kappa shape index (κ1) is 15.4. The van der Waals surface area contributed by atoms with Crippen molar-refractivity contribution in [2.45, 2.75) is 33.2 Å². The lowest BCUT2D eigenvalue weighted by Gasteiger charge is -2.20. The van der Waals surface area contributed by atoms with Crippen LogP contribution in [-0.4, -0.2) is 30.0 Å². The maximum atomic E-state index is 11.0. The first-order valence-corrected chi connectivity index (χ1v) is 6.79. The smallest absolute Gasteiger partial charge is 0.292 e. The summed E-state index contributed by atoms with van der Waals surface area (Å²) in [4.78, 5) is 13.0. The van der Waals surface area contributed by atoms with E-state index in [0.717, 1.165) is 38.0 Å². The molecular weight excluding hydrogens is 242 g/mol. The molecule has 106 valence electrons. The van der Waals surface area contributed by atoms with Gasteiger partial charge < -0.3 is 5.32 Å².